The molecule has 20 heavy (non-hydrogen) atoms. The number of benzene rings is 1. The van der Waals surface area contributed by atoms with Gasteiger partial charge in [0, 0.05) is 12.6 Å². The molecule has 2 aliphatic rings. The van der Waals surface area contributed by atoms with Crippen LogP contribution in [0.15, 0.2) is 24.3 Å². The van der Waals surface area contributed by atoms with Gasteiger partial charge in [0.25, 0.3) is 5.91 Å². The Balaban J connectivity index is 1.88. The van der Waals surface area contributed by atoms with Gasteiger partial charge in [0.05, 0.1) is 11.1 Å². The van der Waals surface area contributed by atoms with Crippen molar-refractivity contribution < 1.29 is 14.7 Å². The van der Waals surface area contributed by atoms with Crippen LogP contribution in [0.2, 0.25) is 0 Å². The molecular weight excluding hydrogens is 254 g/mol. The van der Waals surface area contributed by atoms with Gasteiger partial charge in [0.2, 0.25) is 0 Å². The molecular formula is C16H19NO3. The summed E-state index contributed by atoms with van der Waals surface area (Å²) in [4.78, 5) is 25.9. The van der Waals surface area contributed by atoms with E-state index < -0.39 is 5.97 Å². The van der Waals surface area contributed by atoms with Gasteiger partial charge >= 0.3 is 5.97 Å². The van der Waals surface area contributed by atoms with Crippen LogP contribution < -0.4 is 0 Å². The Bertz CT molecular complexity index is 540. The Morgan fingerprint density at radius 3 is 2.50 bits per heavy atom. The summed E-state index contributed by atoms with van der Waals surface area (Å²) in [7, 11) is 0. The van der Waals surface area contributed by atoms with Gasteiger partial charge in [-0.05, 0) is 37.3 Å². The third kappa shape index (κ3) is 2.19. The number of carboxylic acids is 1. The van der Waals surface area contributed by atoms with Crippen molar-refractivity contribution in [2.24, 2.45) is 5.92 Å². The summed E-state index contributed by atoms with van der Waals surface area (Å²) in [6.45, 7) is 0.766. The fourth-order valence-corrected chi connectivity index (χ4v) is 3.67. The Hall–Kier alpha value is -1.84. The number of hydrogen-bond donors (Lipinski definition) is 1. The van der Waals surface area contributed by atoms with E-state index in [4.69, 9.17) is 0 Å². The standard InChI is InChI=1S/C16H19NO3/c18-15(12-6-2-3-7-13(12)16(19)20)17-10-9-11-5-1-4-8-14(11)17/h2-3,6-7,11,14H,1,4-5,8-10H2,(H,19,20). The zero-order chi connectivity index (χ0) is 14.1. The predicted octanol–water partition coefficient (Wildman–Crippen LogP) is 2.79. The fraction of sp³-hybridized carbons (Fsp3) is 0.500. The smallest absolute Gasteiger partial charge is 0.336 e. The van der Waals surface area contributed by atoms with Crippen LogP contribution in [0, 0.1) is 5.92 Å². The summed E-state index contributed by atoms with van der Waals surface area (Å²) in [5.74, 6) is -0.532. The van der Waals surface area contributed by atoms with Gasteiger partial charge in [-0.15, -0.1) is 0 Å². The van der Waals surface area contributed by atoms with E-state index in [1.165, 1.54) is 25.3 Å². The van der Waals surface area contributed by atoms with Gasteiger partial charge in [0.1, 0.15) is 0 Å². The zero-order valence-electron chi connectivity index (χ0n) is 11.4. The molecule has 1 saturated carbocycles. The molecule has 2 atom stereocenters. The highest BCUT2D eigenvalue weighted by Crippen LogP contribution is 2.37. The van der Waals surface area contributed by atoms with Crippen LogP contribution in [0.25, 0.3) is 0 Å². The molecule has 2 fully saturated rings. The van der Waals surface area contributed by atoms with E-state index in [-0.39, 0.29) is 11.5 Å². The molecule has 1 saturated heterocycles. The minimum absolute atomic E-state index is 0.108. The van der Waals surface area contributed by atoms with E-state index in [0.29, 0.717) is 17.5 Å². The predicted molar refractivity (Wildman–Crippen MR) is 74.8 cm³/mol. The second kappa shape index (κ2) is 5.27. The molecule has 106 valence electrons. The first-order valence-corrected chi connectivity index (χ1v) is 7.32. The average Bonchev–Trinajstić information content (AvgIpc) is 2.90. The van der Waals surface area contributed by atoms with E-state index in [9.17, 15) is 14.7 Å². The molecule has 0 bridgehead atoms. The van der Waals surface area contributed by atoms with Crippen molar-refractivity contribution in [3.05, 3.63) is 35.4 Å². The molecule has 2 unspecified atom stereocenters. The highest BCUT2D eigenvalue weighted by Gasteiger charge is 2.39. The molecule has 1 aromatic rings. The number of nitrogens with zero attached hydrogens (tertiary/aromatic N) is 1. The quantitative estimate of drug-likeness (QED) is 0.901. The molecule has 1 amide bonds. The Morgan fingerprint density at radius 2 is 1.75 bits per heavy atom. The first kappa shape index (κ1) is 13.2. The summed E-state index contributed by atoms with van der Waals surface area (Å²) in [6.07, 6.45) is 5.76. The molecule has 1 aromatic carbocycles. The van der Waals surface area contributed by atoms with Gasteiger partial charge in [-0.2, -0.15) is 0 Å². The molecule has 0 aromatic heterocycles. The Kier molecular flexibility index (Phi) is 3.47. The van der Waals surface area contributed by atoms with E-state index in [2.05, 4.69) is 0 Å². The van der Waals surface area contributed by atoms with E-state index in [1.54, 1.807) is 18.2 Å². The van der Waals surface area contributed by atoms with Crippen molar-refractivity contribution in [1.29, 1.82) is 0 Å². The van der Waals surface area contributed by atoms with Crippen LogP contribution >= 0.6 is 0 Å². The maximum atomic E-state index is 12.7. The summed E-state index contributed by atoms with van der Waals surface area (Å²) in [6, 6.07) is 6.84. The third-order valence-electron chi connectivity index (χ3n) is 4.66. The number of hydrogen-bond acceptors (Lipinski definition) is 2. The van der Waals surface area contributed by atoms with Crippen molar-refractivity contribution >= 4 is 11.9 Å². The van der Waals surface area contributed by atoms with Crippen LogP contribution in [-0.4, -0.2) is 34.5 Å². The van der Waals surface area contributed by atoms with Crippen molar-refractivity contribution in [3.63, 3.8) is 0 Å². The lowest BCUT2D eigenvalue weighted by atomic mass is 9.85. The monoisotopic (exact) mass is 273 g/mol. The van der Waals surface area contributed by atoms with Crippen molar-refractivity contribution in [3.8, 4) is 0 Å². The van der Waals surface area contributed by atoms with Gasteiger partial charge < -0.3 is 10.0 Å². The maximum absolute atomic E-state index is 12.7. The summed E-state index contributed by atoms with van der Waals surface area (Å²) >= 11 is 0. The number of carbonyl (C=O) groups is 2. The lowest BCUT2D eigenvalue weighted by molar-refractivity contribution is 0.0651. The van der Waals surface area contributed by atoms with Crippen LogP contribution in [0.3, 0.4) is 0 Å². The number of amides is 1. The van der Waals surface area contributed by atoms with E-state index in [1.807, 2.05) is 4.90 Å². The SMILES string of the molecule is O=C(O)c1ccccc1C(=O)N1CCC2CCCCC21. The largest absolute Gasteiger partial charge is 0.478 e. The Labute approximate surface area is 118 Å². The van der Waals surface area contributed by atoms with E-state index >= 15 is 0 Å². The van der Waals surface area contributed by atoms with Crippen molar-refractivity contribution in [1.82, 2.24) is 4.90 Å². The minimum Gasteiger partial charge on any atom is -0.478 e. The number of carboxylic acid groups (broad SMARTS) is 1. The van der Waals surface area contributed by atoms with Crippen LogP contribution in [0.5, 0.6) is 0 Å². The molecule has 0 radical (unpaired) electrons. The number of carbonyl (C=O) groups excluding carboxylic acids is 1. The van der Waals surface area contributed by atoms with Crippen LogP contribution in [0.4, 0.5) is 0 Å². The van der Waals surface area contributed by atoms with Crippen LogP contribution in [0.1, 0.15) is 52.8 Å². The number of rotatable bonds is 2. The second-order valence-electron chi connectivity index (χ2n) is 5.75. The molecule has 3 rings (SSSR count). The van der Waals surface area contributed by atoms with Gasteiger partial charge in [-0.1, -0.05) is 25.0 Å². The third-order valence-corrected chi connectivity index (χ3v) is 4.66. The van der Waals surface area contributed by atoms with E-state index in [0.717, 1.165) is 19.4 Å². The summed E-state index contributed by atoms with van der Waals surface area (Å²) < 4.78 is 0. The fourth-order valence-electron chi connectivity index (χ4n) is 3.67. The highest BCUT2D eigenvalue weighted by atomic mass is 16.4. The number of likely N-dealkylation sites (tertiary alicyclic amines) is 1. The van der Waals surface area contributed by atoms with Gasteiger partial charge in [-0.3, -0.25) is 4.79 Å². The molecule has 1 aliphatic heterocycles. The lowest BCUT2D eigenvalue weighted by Gasteiger charge is -2.32. The summed E-state index contributed by atoms with van der Waals surface area (Å²) in [5, 5.41) is 9.22. The van der Waals surface area contributed by atoms with Crippen molar-refractivity contribution in [2.45, 2.75) is 38.1 Å². The first-order chi connectivity index (χ1) is 9.68. The Morgan fingerprint density at radius 1 is 1.05 bits per heavy atom. The number of fused-ring (bicyclic) bond motifs is 1. The lowest BCUT2D eigenvalue weighted by Crippen LogP contribution is -2.39. The average molecular weight is 273 g/mol. The second-order valence-corrected chi connectivity index (χ2v) is 5.75. The summed E-state index contributed by atoms with van der Waals surface area (Å²) in [5.41, 5.74) is 0.433. The highest BCUT2D eigenvalue weighted by molar-refractivity contribution is 6.04. The minimum atomic E-state index is -1.03. The molecule has 1 N–H and O–H groups in total. The number of aromatic carboxylic acids is 1. The zero-order valence-corrected chi connectivity index (χ0v) is 11.4. The van der Waals surface area contributed by atoms with Gasteiger partial charge in [-0.25, -0.2) is 4.79 Å². The first-order valence-electron chi connectivity index (χ1n) is 7.32. The van der Waals surface area contributed by atoms with Crippen LogP contribution in [-0.2, 0) is 0 Å². The molecule has 0 spiro atoms. The molecule has 1 aliphatic carbocycles. The topological polar surface area (TPSA) is 57.6 Å². The van der Waals surface area contributed by atoms with Crippen molar-refractivity contribution in [2.75, 3.05) is 6.54 Å². The maximum Gasteiger partial charge on any atom is 0.336 e. The molecule has 4 heteroatoms. The molecule has 1 heterocycles. The normalized spacial score (nSPS) is 25.3. The molecule has 4 nitrogen and oxygen atoms in total. The van der Waals surface area contributed by atoms with Gasteiger partial charge in [0.15, 0.2) is 0 Å².